The van der Waals surface area contributed by atoms with Crippen LogP contribution in [0.1, 0.15) is 22.3 Å². The third-order valence-electron chi connectivity index (χ3n) is 4.46. The molecule has 2 aromatic carbocycles. The Morgan fingerprint density at radius 1 is 1.04 bits per heavy atom. The van der Waals surface area contributed by atoms with Gasteiger partial charge in [0, 0.05) is 13.0 Å². The molecule has 0 radical (unpaired) electrons. The smallest absolute Gasteiger partial charge is 0.337 e. The van der Waals surface area contributed by atoms with Crippen LogP contribution in [-0.4, -0.2) is 47.9 Å². The average Bonchev–Trinajstić information content (AvgIpc) is 2.66. The lowest BCUT2D eigenvalue weighted by Crippen LogP contribution is -2.42. The number of ether oxygens (including phenoxy) is 1. The number of nitrogens with zero attached hydrogens (tertiary/aromatic N) is 1. The molecule has 0 aliphatic heterocycles. The fraction of sp³-hybridized carbons (Fsp3) is 0.350. The van der Waals surface area contributed by atoms with Crippen molar-refractivity contribution in [2.75, 3.05) is 33.5 Å². The van der Waals surface area contributed by atoms with E-state index in [0.717, 1.165) is 17.8 Å². The van der Waals surface area contributed by atoms with Crippen LogP contribution in [0.3, 0.4) is 0 Å². The van der Waals surface area contributed by atoms with Crippen molar-refractivity contribution in [1.29, 1.82) is 0 Å². The van der Waals surface area contributed by atoms with E-state index in [2.05, 4.69) is 23.6 Å². The van der Waals surface area contributed by atoms with E-state index in [1.54, 1.807) is 24.3 Å². The Hall–Kier alpha value is -2.22. The second kappa shape index (κ2) is 9.12. The number of rotatable bonds is 9. The van der Waals surface area contributed by atoms with Gasteiger partial charge in [0.15, 0.2) is 0 Å². The lowest BCUT2D eigenvalue weighted by atomic mass is 10.1. The van der Waals surface area contributed by atoms with E-state index in [4.69, 9.17) is 0 Å². The summed E-state index contributed by atoms with van der Waals surface area (Å²) in [6.45, 7) is 0.916. The Labute approximate surface area is 161 Å². The van der Waals surface area contributed by atoms with Crippen LogP contribution in [0.5, 0.6) is 0 Å². The number of para-hydroxylation sites is 1. The zero-order valence-electron chi connectivity index (χ0n) is 16.0. The SMILES string of the molecule is COC(=O)c1ccc(CNS(=O)(=O)CCC[N+](C)(C)c2ccccc2)cc1. The van der Waals surface area contributed by atoms with Crippen molar-refractivity contribution in [3.8, 4) is 0 Å². The van der Waals surface area contributed by atoms with Gasteiger partial charge in [-0.3, -0.25) is 4.48 Å². The first-order valence-corrected chi connectivity index (χ1v) is 10.4. The quantitative estimate of drug-likeness (QED) is 0.527. The molecule has 2 aromatic rings. The van der Waals surface area contributed by atoms with Gasteiger partial charge in [-0.25, -0.2) is 17.9 Å². The minimum absolute atomic E-state index is 0.0712. The zero-order chi connectivity index (χ0) is 19.9. The van der Waals surface area contributed by atoms with Gasteiger partial charge in [-0.15, -0.1) is 0 Å². The maximum atomic E-state index is 12.3. The number of benzene rings is 2. The van der Waals surface area contributed by atoms with E-state index in [0.29, 0.717) is 16.5 Å². The molecular weight excluding hydrogens is 364 g/mol. The summed E-state index contributed by atoms with van der Waals surface area (Å²) in [7, 11) is 2.09. The molecule has 7 heteroatoms. The first kappa shape index (κ1) is 21.1. The molecule has 2 rings (SSSR count). The number of quaternary nitrogens is 1. The third-order valence-corrected chi connectivity index (χ3v) is 5.87. The summed E-state index contributed by atoms with van der Waals surface area (Å²) in [5.74, 6) is -0.344. The molecule has 0 bridgehead atoms. The number of carbonyl (C=O) groups is 1. The lowest BCUT2D eigenvalue weighted by Gasteiger charge is -2.29. The molecule has 27 heavy (non-hydrogen) atoms. The first-order chi connectivity index (χ1) is 12.7. The van der Waals surface area contributed by atoms with Crippen molar-refractivity contribution < 1.29 is 17.9 Å². The lowest BCUT2D eigenvalue weighted by molar-refractivity contribution is 0.0600. The van der Waals surface area contributed by atoms with Crippen molar-refractivity contribution in [1.82, 2.24) is 9.21 Å². The minimum Gasteiger partial charge on any atom is -0.465 e. The largest absolute Gasteiger partial charge is 0.465 e. The van der Waals surface area contributed by atoms with Gasteiger partial charge in [-0.05, 0) is 29.8 Å². The summed E-state index contributed by atoms with van der Waals surface area (Å²) in [5, 5.41) is 0. The van der Waals surface area contributed by atoms with Gasteiger partial charge in [-0.2, -0.15) is 0 Å². The van der Waals surface area contributed by atoms with Gasteiger partial charge in [0.1, 0.15) is 5.69 Å². The Balaban J connectivity index is 1.84. The first-order valence-electron chi connectivity index (χ1n) is 8.77. The molecule has 1 N–H and O–H groups in total. The number of nitrogens with one attached hydrogen (secondary N) is 1. The Kier molecular flexibility index (Phi) is 7.12. The number of esters is 1. The van der Waals surface area contributed by atoms with Crippen molar-refractivity contribution >= 4 is 21.7 Å². The summed E-state index contributed by atoms with van der Waals surface area (Å²) in [4.78, 5) is 11.4. The van der Waals surface area contributed by atoms with Crippen LogP contribution in [0.25, 0.3) is 0 Å². The molecule has 6 nitrogen and oxygen atoms in total. The highest BCUT2D eigenvalue weighted by Gasteiger charge is 2.20. The number of methoxy groups -OCH3 is 1. The second-order valence-electron chi connectivity index (χ2n) is 6.93. The van der Waals surface area contributed by atoms with Crippen LogP contribution < -0.4 is 9.21 Å². The maximum absolute atomic E-state index is 12.3. The fourth-order valence-electron chi connectivity index (χ4n) is 2.75. The molecular formula is C20H27N2O4S+. The van der Waals surface area contributed by atoms with E-state index in [1.807, 2.05) is 30.3 Å². The van der Waals surface area contributed by atoms with Gasteiger partial charge in [0.05, 0.1) is 39.1 Å². The maximum Gasteiger partial charge on any atom is 0.337 e. The molecule has 146 valence electrons. The predicted octanol–water partition coefficient (Wildman–Crippen LogP) is 2.55. The summed E-state index contributed by atoms with van der Waals surface area (Å²) >= 11 is 0. The van der Waals surface area contributed by atoms with Gasteiger partial charge >= 0.3 is 5.97 Å². The van der Waals surface area contributed by atoms with Gasteiger partial charge in [-0.1, -0.05) is 30.3 Å². The topological polar surface area (TPSA) is 72.5 Å². The molecule has 0 unspecified atom stereocenters. The molecule has 0 saturated carbocycles. The normalized spacial score (nSPS) is 12.0. The molecule has 0 heterocycles. The van der Waals surface area contributed by atoms with Crippen LogP contribution >= 0.6 is 0 Å². The monoisotopic (exact) mass is 391 g/mol. The molecule has 0 saturated heterocycles. The van der Waals surface area contributed by atoms with Crippen LogP contribution in [0.4, 0.5) is 5.69 Å². The van der Waals surface area contributed by atoms with E-state index in [9.17, 15) is 13.2 Å². The Bertz CT molecular complexity index is 847. The third kappa shape index (κ3) is 6.46. The summed E-state index contributed by atoms with van der Waals surface area (Å²) in [6, 6.07) is 16.7. The Morgan fingerprint density at radius 2 is 1.67 bits per heavy atom. The molecule has 0 aliphatic rings. The van der Waals surface area contributed by atoms with Crippen molar-refractivity contribution in [3.63, 3.8) is 0 Å². The van der Waals surface area contributed by atoms with Crippen LogP contribution in [-0.2, 0) is 21.3 Å². The highest BCUT2D eigenvalue weighted by Crippen LogP contribution is 2.18. The molecule has 0 spiro atoms. The van der Waals surface area contributed by atoms with Crippen molar-refractivity contribution in [3.05, 3.63) is 65.7 Å². The van der Waals surface area contributed by atoms with E-state index >= 15 is 0 Å². The Morgan fingerprint density at radius 3 is 2.26 bits per heavy atom. The minimum atomic E-state index is -3.37. The number of hydrogen-bond acceptors (Lipinski definition) is 4. The number of hydrogen-bond donors (Lipinski definition) is 1. The van der Waals surface area contributed by atoms with E-state index < -0.39 is 16.0 Å². The fourth-order valence-corrected chi connectivity index (χ4v) is 3.79. The van der Waals surface area contributed by atoms with Crippen LogP contribution in [0.2, 0.25) is 0 Å². The summed E-state index contributed by atoms with van der Waals surface area (Å²) < 4.78 is 32.4. The predicted molar refractivity (Wildman–Crippen MR) is 108 cm³/mol. The summed E-state index contributed by atoms with van der Waals surface area (Å²) in [6.07, 6.45) is 0.554. The number of carbonyl (C=O) groups excluding carboxylic acids is 1. The molecule has 0 aliphatic carbocycles. The van der Waals surface area contributed by atoms with Gasteiger partial charge in [0.2, 0.25) is 10.0 Å². The zero-order valence-corrected chi connectivity index (χ0v) is 16.8. The van der Waals surface area contributed by atoms with Gasteiger partial charge in [0.25, 0.3) is 0 Å². The highest BCUT2D eigenvalue weighted by molar-refractivity contribution is 7.89. The van der Waals surface area contributed by atoms with E-state index in [-0.39, 0.29) is 12.3 Å². The van der Waals surface area contributed by atoms with Crippen molar-refractivity contribution in [2.45, 2.75) is 13.0 Å². The highest BCUT2D eigenvalue weighted by atomic mass is 32.2. The van der Waals surface area contributed by atoms with Gasteiger partial charge < -0.3 is 4.74 Å². The van der Waals surface area contributed by atoms with Crippen LogP contribution in [0.15, 0.2) is 54.6 Å². The van der Waals surface area contributed by atoms with E-state index in [1.165, 1.54) is 7.11 Å². The average molecular weight is 392 g/mol. The molecule has 0 atom stereocenters. The standard InChI is InChI=1S/C20H27N2O4S/c1-22(2,19-8-5-4-6-9-19)14-7-15-27(24,25)21-16-17-10-12-18(13-11-17)20(23)26-3/h4-6,8-13,21H,7,14-16H2,1-3H3/q+1. The molecule has 0 amide bonds. The summed E-state index contributed by atoms with van der Waals surface area (Å²) in [5.41, 5.74) is 2.37. The van der Waals surface area contributed by atoms with Crippen LogP contribution in [0, 0.1) is 0 Å². The molecule has 0 aromatic heterocycles. The number of sulfonamides is 1. The molecule has 0 fully saturated rings. The second-order valence-corrected chi connectivity index (χ2v) is 8.85. The van der Waals surface area contributed by atoms with Crippen molar-refractivity contribution in [2.24, 2.45) is 0 Å².